The Kier molecular flexibility index (Phi) is 9.07. The molecule has 0 radical (unpaired) electrons. The summed E-state index contributed by atoms with van der Waals surface area (Å²) in [6, 6.07) is 3.56. The lowest BCUT2D eigenvalue weighted by molar-refractivity contribution is -0.129. The van der Waals surface area contributed by atoms with E-state index in [0.29, 0.717) is 5.57 Å². The van der Waals surface area contributed by atoms with Gasteiger partial charge < -0.3 is 14.3 Å². The van der Waals surface area contributed by atoms with Gasteiger partial charge in [-0.2, -0.15) is 0 Å². The summed E-state index contributed by atoms with van der Waals surface area (Å²) in [5.41, 5.74) is 3.16. The largest absolute Gasteiger partial charge is 0.478 e. The van der Waals surface area contributed by atoms with E-state index in [1.807, 2.05) is 19.1 Å². The van der Waals surface area contributed by atoms with Crippen molar-refractivity contribution in [3.05, 3.63) is 98.5 Å². The van der Waals surface area contributed by atoms with Crippen molar-refractivity contribution in [2.24, 2.45) is 5.41 Å². The van der Waals surface area contributed by atoms with Crippen molar-refractivity contribution in [1.29, 1.82) is 0 Å². The SMILES string of the molecule is CC(=O)c1cc2c(C(=O)O)cc(OC(=O)C=C(C)C=CC=C(C)C=CC3=C(C)CCCC3(C)C)cc2oc1=O. The van der Waals surface area contributed by atoms with Crippen LogP contribution < -0.4 is 10.4 Å². The first-order chi connectivity index (χ1) is 18.3. The van der Waals surface area contributed by atoms with Crippen LogP contribution in [-0.4, -0.2) is 22.8 Å². The maximum absolute atomic E-state index is 12.5. The highest BCUT2D eigenvalue weighted by Crippen LogP contribution is 2.40. The van der Waals surface area contributed by atoms with Crippen LogP contribution in [0.5, 0.6) is 5.75 Å². The topological polar surface area (TPSA) is 111 Å². The Morgan fingerprint density at radius 3 is 2.38 bits per heavy atom. The fourth-order valence-corrected chi connectivity index (χ4v) is 4.69. The number of fused-ring (bicyclic) bond motifs is 1. The molecule has 1 heterocycles. The van der Waals surface area contributed by atoms with Crippen LogP contribution in [0.3, 0.4) is 0 Å². The molecule has 1 aromatic carbocycles. The number of hydrogen-bond donors (Lipinski definition) is 1. The van der Waals surface area contributed by atoms with Crippen LogP contribution in [-0.2, 0) is 4.79 Å². The number of aromatic carboxylic acids is 1. The number of ether oxygens (including phenoxy) is 1. The van der Waals surface area contributed by atoms with E-state index < -0.39 is 23.3 Å². The smallest absolute Gasteiger partial charge is 0.347 e. The molecule has 0 amide bonds. The van der Waals surface area contributed by atoms with Gasteiger partial charge in [0, 0.05) is 17.5 Å². The molecule has 3 rings (SSSR count). The maximum Gasteiger partial charge on any atom is 0.347 e. The van der Waals surface area contributed by atoms with Gasteiger partial charge in [0.25, 0.3) is 0 Å². The highest BCUT2D eigenvalue weighted by molar-refractivity contribution is 6.05. The van der Waals surface area contributed by atoms with Crippen molar-refractivity contribution in [2.45, 2.75) is 60.8 Å². The molecule has 0 atom stereocenters. The van der Waals surface area contributed by atoms with E-state index in [-0.39, 0.29) is 33.3 Å². The predicted octanol–water partition coefficient (Wildman–Crippen LogP) is 7.13. The number of rotatable bonds is 8. The molecule has 204 valence electrons. The first-order valence-electron chi connectivity index (χ1n) is 12.8. The lowest BCUT2D eigenvalue weighted by atomic mass is 9.72. The summed E-state index contributed by atoms with van der Waals surface area (Å²) < 4.78 is 10.4. The highest BCUT2D eigenvalue weighted by Gasteiger charge is 2.26. The number of carboxylic acids is 1. The predicted molar refractivity (Wildman–Crippen MR) is 151 cm³/mol. The fourth-order valence-electron chi connectivity index (χ4n) is 4.69. The van der Waals surface area contributed by atoms with Gasteiger partial charge in [-0.15, -0.1) is 0 Å². The summed E-state index contributed by atoms with van der Waals surface area (Å²) >= 11 is 0. The number of benzene rings is 1. The minimum atomic E-state index is -1.33. The molecule has 2 aromatic rings. The second kappa shape index (κ2) is 12.1. The Morgan fingerprint density at radius 1 is 1.03 bits per heavy atom. The summed E-state index contributed by atoms with van der Waals surface area (Å²) in [5.74, 6) is -2.70. The molecule has 0 spiro atoms. The second-order valence-corrected chi connectivity index (χ2v) is 10.5. The van der Waals surface area contributed by atoms with Crippen LogP contribution in [0.15, 0.2) is 86.2 Å². The summed E-state index contributed by atoms with van der Waals surface area (Å²) in [6.45, 7) is 11.7. The molecule has 1 N–H and O–H groups in total. The highest BCUT2D eigenvalue weighted by atomic mass is 16.5. The average molecular weight is 531 g/mol. The quantitative estimate of drug-likeness (QED) is 0.0965. The second-order valence-electron chi connectivity index (χ2n) is 10.5. The zero-order valence-electron chi connectivity index (χ0n) is 23.2. The van der Waals surface area contributed by atoms with Crippen LogP contribution in [0.4, 0.5) is 0 Å². The van der Waals surface area contributed by atoms with Gasteiger partial charge in [0.2, 0.25) is 0 Å². The van der Waals surface area contributed by atoms with Crippen LogP contribution in [0, 0.1) is 5.41 Å². The molecule has 0 saturated carbocycles. The van der Waals surface area contributed by atoms with Gasteiger partial charge in [0.1, 0.15) is 16.9 Å². The van der Waals surface area contributed by atoms with Crippen molar-refractivity contribution in [2.75, 3.05) is 0 Å². The minimum absolute atomic E-state index is 0.0523. The van der Waals surface area contributed by atoms with E-state index in [9.17, 15) is 24.3 Å². The third-order valence-electron chi connectivity index (χ3n) is 6.77. The van der Waals surface area contributed by atoms with Gasteiger partial charge in [-0.25, -0.2) is 14.4 Å². The maximum atomic E-state index is 12.5. The molecular formula is C32H34O7. The van der Waals surface area contributed by atoms with Crippen molar-refractivity contribution < 1.29 is 28.6 Å². The standard InChI is InChI=1S/C32H34O7/c1-19(12-13-27-21(3)11-8-14-32(27,5)6)9-7-10-20(2)15-29(34)38-23-16-26(30(35)36)25-18-24(22(4)33)31(37)39-28(25)17-23/h7,9-10,12-13,15-18H,8,11,14H2,1-6H3,(H,35,36). The van der Waals surface area contributed by atoms with Gasteiger partial charge in [0.15, 0.2) is 5.78 Å². The molecule has 1 aromatic heterocycles. The van der Waals surface area contributed by atoms with Gasteiger partial charge in [-0.05, 0) is 75.7 Å². The first-order valence-corrected chi connectivity index (χ1v) is 12.8. The number of carbonyl (C=O) groups is 3. The van der Waals surface area contributed by atoms with Crippen molar-refractivity contribution in [1.82, 2.24) is 0 Å². The summed E-state index contributed by atoms with van der Waals surface area (Å²) in [6.07, 6.45) is 14.7. The number of carbonyl (C=O) groups excluding carboxylic acids is 2. The van der Waals surface area contributed by atoms with Gasteiger partial charge >= 0.3 is 17.6 Å². The van der Waals surface area contributed by atoms with E-state index in [0.717, 1.165) is 18.1 Å². The molecule has 0 saturated heterocycles. The molecule has 0 unspecified atom stereocenters. The Bertz CT molecular complexity index is 1540. The van der Waals surface area contributed by atoms with Crippen LogP contribution in [0.1, 0.15) is 81.5 Å². The van der Waals surface area contributed by atoms with E-state index >= 15 is 0 Å². The molecule has 0 bridgehead atoms. The van der Waals surface area contributed by atoms with Crippen molar-refractivity contribution in [3.8, 4) is 5.75 Å². The average Bonchev–Trinajstić information content (AvgIpc) is 2.81. The zero-order valence-corrected chi connectivity index (χ0v) is 23.2. The van der Waals surface area contributed by atoms with Crippen LogP contribution in [0.2, 0.25) is 0 Å². The summed E-state index contributed by atoms with van der Waals surface area (Å²) in [5, 5.41) is 9.65. The Hall–Kier alpha value is -4.26. The number of allylic oxidation sites excluding steroid dienone is 9. The third-order valence-corrected chi connectivity index (χ3v) is 6.77. The molecule has 0 aliphatic heterocycles. The fraction of sp³-hybridized carbons (Fsp3) is 0.312. The van der Waals surface area contributed by atoms with Gasteiger partial charge in [0.05, 0.1) is 5.56 Å². The molecule has 1 aliphatic rings. The molecule has 1 aliphatic carbocycles. The third kappa shape index (κ3) is 7.41. The van der Waals surface area contributed by atoms with Crippen molar-refractivity contribution in [3.63, 3.8) is 0 Å². The van der Waals surface area contributed by atoms with Crippen LogP contribution in [0.25, 0.3) is 11.0 Å². The van der Waals surface area contributed by atoms with E-state index in [1.165, 1.54) is 49.1 Å². The Balaban J connectivity index is 1.75. The summed E-state index contributed by atoms with van der Waals surface area (Å²) in [4.78, 5) is 48.0. The van der Waals surface area contributed by atoms with E-state index in [1.54, 1.807) is 13.0 Å². The number of carboxylic acid groups (broad SMARTS) is 1. The number of hydrogen-bond acceptors (Lipinski definition) is 6. The molecular weight excluding hydrogens is 496 g/mol. The lowest BCUT2D eigenvalue weighted by Crippen LogP contribution is -2.19. The molecule has 7 heteroatoms. The molecule has 0 fully saturated rings. The minimum Gasteiger partial charge on any atom is -0.478 e. The van der Waals surface area contributed by atoms with Crippen molar-refractivity contribution >= 4 is 28.7 Å². The monoisotopic (exact) mass is 530 g/mol. The molecule has 7 nitrogen and oxygen atoms in total. The first kappa shape index (κ1) is 29.3. The van der Waals surface area contributed by atoms with Gasteiger partial charge in [-0.3, -0.25) is 4.79 Å². The summed E-state index contributed by atoms with van der Waals surface area (Å²) in [7, 11) is 0. The molecule has 39 heavy (non-hydrogen) atoms. The number of esters is 1. The van der Waals surface area contributed by atoms with Gasteiger partial charge in [-0.1, -0.05) is 55.4 Å². The van der Waals surface area contributed by atoms with E-state index in [4.69, 9.17) is 9.15 Å². The van der Waals surface area contributed by atoms with E-state index in [2.05, 4.69) is 32.9 Å². The number of ketones is 1. The lowest BCUT2D eigenvalue weighted by Gasteiger charge is -2.32. The van der Waals surface area contributed by atoms with Crippen LogP contribution >= 0.6 is 0 Å². The zero-order chi connectivity index (χ0) is 28.9. The Labute approximate surface area is 227 Å². The Morgan fingerprint density at radius 2 is 1.74 bits per heavy atom. The number of Topliss-reactive ketones (excluding diaryl/α,β-unsaturated/α-hetero) is 1. The normalized spacial score (nSPS) is 16.4.